The number of rotatable bonds is 4. The molecule has 0 heterocycles. The van der Waals surface area contributed by atoms with Gasteiger partial charge in [-0.15, -0.1) is 0 Å². The maximum Gasteiger partial charge on any atom is 0.310 e. The van der Waals surface area contributed by atoms with Crippen LogP contribution in [0.15, 0.2) is 30.3 Å². The fraction of sp³-hybridized carbons (Fsp3) is 0.500. The zero-order chi connectivity index (χ0) is 16.4. The minimum Gasteiger partial charge on any atom is -0.447 e. The van der Waals surface area contributed by atoms with Crippen molar-refractivity contribution in [2.75, 3.05) is 0 Å². The molecule has 5 nitrogen and oxygen atoms in total. The lowest BCUT2D eigenvalue weighted by molar-refractivity contribution is -0.163. The largest absolute Gasteiger partial charge is 0.447 e. The van der Waals surface area contributed by atoms with E-state index >= 15 is 0 Å². The van der Waals surface area contributed by atoms with Gasteiger partial charge in [-0.2, -0.15) is 0 Å². The van der Waals surface area contributed by atoms with Gasteiger partial charge in [0.15, 0.2) is 0 Å². The first-order valence-corrected chi connectivity index (χ1v) is 8.14. The molecule has 0 radical (unpaired) electrons. The Labute approximate surface area is 135 Å². The summed E-state index contributed by atoms with van der Waals surface area (Å²) in [6.07, 6.45) is 2.77. The molecule has 2 fully saturated rings. The molecule has 3 unspecified atom stereocenters. The Morgan fingerprint density at radius 2 is 1.70 bits per heavy atom. The molecule has 0 spiro atoms. The number of primary amides is 1. The molecule has 2 bridgehead atoms. The molecule has 23 heavy (non-hydrogen) atoms. The van der Waals surface area contributed by atoms with E-state index in [0.717, 1.165) is 19.3 Å². The van der Waals surface area contributed by atoms with Gasteiger partial charge in [-0.05, 0) is 25.7 Å². The predicted octanol–water partition coefficient (Wildman–Crippen LogP) is 2.15. The molecule has 3 atom stereocenters. The summed E-state index contributed by atoms with van der Waals surface area (Å²) in [5, 5.41) is 0. The van der Waals surface area contributed by atoms with E-state index in [1.54, 1.807) is 24.3 Å². The highest BCUT2D eigenvalue weighted by Gasteiger charge is 2.42. The third-order valence-corrected chi connectivity index (χ3v) is 4.98. The molecule has 0 aliphatic heterocycles. The molecule has 5 heteroatoms. The third-order valence-electron chi connectivity index (χ3n) is 4.98. The van der Waals surface area contributed by atoms with E-state index < -0.39 is 18.0 Å². The number of carbonyl (C=O) groups excluding carboxylic acids is 3. The summed E-state index contributed by atoms with van der Waals surface area (Å²) in [7, 11) is 0. The number of carbonyl (C=O) groups is 3. The van der Waals surface area contributed by atoms with Crippen molar-refractivity contribution >= 4 is 17.7 Å². The van der Waals surface area contributed by atoms with Crippen molar-refractivity contribution < 1.29 is 19.1 Å². The van der Waals surface area contributed by atoms with Crippen LogP contribution in [0.4, 0.5) is 0 Å². The number of benzene rings is 1. The number of ether oxygens (including phenoxy) is 1. The molecule has 1 aromatic rings. The van der Waals surface area contributed by atoms with Gasteiger partial charge in [0.2, 0.25) is 6.10 Å². The second kappa shape index (κ2) is 6.52. The van der Waals surface area contributed by atoms with Crippen LogP contribution in [0.25, 0.3) is 0 Å². The fourth-order valence-corrected chi connectivity index (χ4v) is 3.80. The molecular weight excluding hydrogens is 294 g/mol. The van der Waals surface area contributed by atoms with Crippen LogP contribution in [0.5, 0.6) is 0 Å². The quantitative estimate of drug-likeness (QED) is 0.863. The number of esters is 1. The SMILES string of the molecule is NC(=O)C(OC(=O)C1CC2CCCC(C1)C2=O)c1ccccc1. The summed E-state index contributed by atoms with van der Waals surface area (Å²) in [5.74, 6) is -1.16. The van der Waals surface area contributed by atoms with Crippen LogP contribution in [-0.2, 0) is 19.1 Å². The smallest absolute Gasteiger partial charge is 0.310 e. The number of Topliss-reactive ketones (excluding diaryl/α,β-unsaturated/α-hetero) is 1. The molecule has 0 aromatic heterocycles. The highest BCUT2D eigenvalue weighted by Crippen LogP contribution is 2.40. The van der Waals surface area contributed by atoms with Crippen LogP contribution in [0.1, 0.15) is 43.8 Å². The van der Waals surface area contributed by atoms with Crippen molar-refractivity contribution in [3.05, 3.63) is 35.9 Å². The van der Waals surface area contributed by atoms with Crippen LogP contribution in [0, 0.1) is 17.8 Å². The minimum absolute atomic E-state index is 0.0243. The Morgan fingerprint density at radius 1 is 1.09 bits per heavy atom. The molecule has 122 valence electrons. The van der Waals surface area contributed by atoms with Crippen molar-refractivity contribution in [1.29, 1.82) is 0 Å². The lowest BCUT2D eigenvalue weighted by atomic mass is 9.67. The van der Waals surface area contributed by atoms with Crippen LogP contribution >= 0.6 is 0 Å². The Hall–Kier alpha value is -2.17. The normalized spacial score (nSPS) is 28.0. The molecule has 2 N–H and O–H groups in total. The van der Waals surface area contributed by atoms with Gasteiger partial charge in [-0.3, -0.25) is 14.4 Å². The topological polar surface area (TPSA) is 86.5 Å². The van der Waals surface area contributed by atoms with Gasteiger partial charge < -0.3 is 10.5 Å². The zero-order valence-corrected chi connectivity index (χ0v) is 12.9. The monoisotopic (exact) mass is 315 g/mol. The lowest BCUT2D eigenvalue weighted by Gasteiger charge is -2.36. The predicted molar refractivity (Wildman–Crippen MR) is 83.0 cm³/mol. The minimum atomic E-state index is -1.07. The van der Waals surface area contributed by atoms with Crippen molar-refractivity contribution in [2.24, 2.45) is 23.5 Å². The van der Waals surface area contributed by atoms with Crippen LogP contribution in [0.2, 0.25) is 0 Å². The fourth-order valence-electron chi connectivity index (χ4n) is 3.80. The Balaban J connectivity index is 1.70. The number of hydrogen-bond donors (Lipinski definition) is 1. The second-order valence-corrected chi connectivity index (χ2v) is 6.53. The number of amides is 1. The third kappa shape index (κ3) is 3.28. The van der Waals surface area contributed by atoms with Gasteiger partial charge in [0.05, 0.1) is 5.92 Å². The molecular formula is C18H21NO4. The Bertz CT molecular complexity index is 597. The van der Waals surface area contributed by atoms with E-state index in [-0.39, 0.29) is 17.8 Å². The van der Waals surface area contributed by atoms with Crippen molar-refractivity contribution in [3.8, 4) is 0 Å². The van der Waals surface area contributed by atoms with E-state index in [0.29, 0.717) is 24.2 Å². The molecule has 2 aliphatic rings. The maximum atomic E-state index is 12.5. The van der Waals surface area contributed by atoms with E-state index in [9.17, 15) is 14.4 Å². The first kappa shape index (κ1) is 15.7. The van der Waals surface area contributed by atoms with Crippen LogP contribution in [-0.4, -0.2) is 17.7 Å². The highest BCUT2D eigenvalue weighted by molar-refractivity contribution is 5.88. The Morgan fingerprint density at radius 3 is 2.26 bits per heavy atom. The van der Waals surface area contributed by atoms with Gasteiger partial charge in [0.1, 0.15) is 5.78 Å². The number of fused-ring (bicyclic) bond motifs is 2. The zero-order valence-electron chi connectivity index (χ0n) is 12.9. The van der Waals surface area contributed by atoms with E-state index in [1.807, 2.05) is 6.07 Å². The van der Waals surface area contributed by atoms with E-state index in [1.165, 1.54) is 0 Å². The maximum absolute atomic E-state index is 12.5. The first-order valence-electron chi connectivity index (χ1n) is 8.14. The number of hydrogen-bond acceptors (Lipinski definition) is 4. The molecule has 0 saturated heterocycles. The molecule has 3 rings (SSSR count). The first-order chi connectivity index (χ1) is 11.1. The second-order valence-electron chi connectivity index (χ2n) is 6.53. The van der Waals surface area contributed by atoms with Crippen molar-refractivity contribution in [3.63, 3.8) is 0 Å². The summed E-state index contributed by atoms with van der Waals surface area (Å²) in [5.41, 5.74) is 5.96. The average molecular weight is 315 g/mol. The summed E-state index contributed by atoms with van der Waals surface area (Å²) in [6, 6.07) is 8.77. The summed E-state index contributed by atoms with van der Waals surface area (Å²) < 4.78 is 5.41. The summed E-state index contributed by atoms with van der Waals surface area (Å²) in [6.45, 7) is 0. The molecule has 2 aliphatic carbocycles. The van der Waals surface area contributed by atoms with Crippen LogP contribution < -0.4 is 5.73 Å². The number of nitrogens with two attached hydrogens (primary N) is 1. The van der Waals surface area contributed by atoms with E-state index in [4.69, 9.17) is 10.5 Å². The number of ketones is 1. The highest BCUT2D eigenvalue weighted by atomic mass is 16.5. The van der Waals surface area contributed by atoms with Gasteiger partial charge in [-0.1, -0.05) is 36.8 Å². The van der Waals surface area contributed by atoms with Crippen LogP contribution in [0.3, 0.4) is 0 Å². The lowest BCUT2D eigenvalue weighted by Crippen LogP contribution is -2.40. The standard InChI is InChI=1S/C18H21NO4/c19-17(21)16(11-5-2-1-3-6-11)23-18(22)14-9-12-7-4-8-13(10-14)15(12)20/h1-3,5-6,12-14,16H,4,7-10H2,(H2,19,21). The van der Waals surface area contributed by atoms with E-state index in [2.05, 4.69) is 0 Å². The van der Waals surface area contributed by atoms with Gasteiger partial charge in [-0.25, -0.2) is 0 Å². The Kier molecular flexibility index (Phi) is 4.46. The van der Waals surface area contributed by atoms with Crippen molar-refractivity contribution in [2.45, 2.75) is 38.2 Å². The molecule has 1 aromatic carbocycles. The summed E-state index contributed by atoms with van der Waals surface area (Å²) in [4.78, 5) is 36.2. The van der Waals surface area contributed by atoms with Gasteiger partial charge in [0.25, 0.3) is 5.91 Å². The average Bonchev–Trinajstić information content (AvgIpc) is 2.52. The summed E-state index contributed by atoms with van der Waals surface area (Å²) >= 11 is 0. The molecule has 2 saturated carbocycles. The van der Waals surface area contributed by atoms with Gasteiger partial charge in [0, 0.05) is 17.4 Å². The molecule has 1 amide bonds. The van der Waals surface area contributed by atoms with Crippen molar-refractivity contribution in [1.82, 2.24) is 0 Å². The van der Waals surface area contributed by atoms with Gasteiger partial charge >= 0.3 is 5.97 Å².